The van der Waals surface area contributed by atoms with Gasteiger partial charge in [0.2, 0.25) is 0 Å². The molecule has 5 heteroatoms. The van der Waals surface area contributed by atoms with Crippen molar-refractivity contribution in [3.8, 4) is 17.2 Å². The van der Waals surface area contributed by atoms with Gasteiger partial charge in [0.15, 0.2) is 0 Å². The second-order valence-corrected chi connectivity index (χ2v) is 4.55. The Labute approximate surface area is 114 Å². The number of benzene rings is 1. The van der Waals surface area contributed by atoms with Gasteiger partial charge in [-0.3, -0.25) is 4.79 Å². The summed E-state index contributed by atoms with van der Waals surface area (Å²) >= 11 is 11.9. The van der Waals surface area contributed by atoms with E-state index in [1.165, 1.54) is 0 Å². The molecule has 0 bridgehead atoms. The van der Waals surface area contributed by atoms with Crippen LogP contribution in [0.1, 0.15) is 5.56 Å². The molecule has 2 aromatic rings. The highest BCUT2D eigenvalue weighted by molar-refractivity contribution is 6.36. The lowest BCUT2D eigenvalue weighted by atomic mass is 10.1. The summed E-state index contributed by atoms with van der Waals surface area (Å²) in [7, 11) is 0. The first-order valence-electron chi connectivity index (χ1n) is 5.16. The van der Waals surface area contributed by atoms with Crippen LogP contribution in [-0.4, -0.2) is 4.98 Å². The number of aromatic amines is 1. The minimum absolute atomic E-state index is 0.0639. The average molecular weight is 279 g/mol. The fourth-order valence-corrected chi connectivity index (χ4v) is 2.14. The summed E-state index contributed by atoms with van der Waals surface area (Å²) < 4.78 is 0. The topological polar surface area (TPSA) is 56.6 Å². The summed E-state index contributed by atoms with van der Waals surface area (Å²) in [5.41, 5.74) is 1.67. The molecule has 18 heavy (non-hydrogen) atoms. The zero-order valence-corrected chi connectivity index (χ0v) is 10.7. The van der Waals surface area contributed by atoms with Gasteiger partial charge in [-0.2, -0.15) is 5.26 Å². The van der Waals surface area contributed by atoms with Crippen molar-refractivity contribution < 1.29 is 0 Å². The van der Waals surface area contributed by atoms with Gasteiger partial charge >= 0.3 is 0 Å². The van der Waals surface area contributed by atoms with Crippen LogP contribution in [0.2, 0.25) is 10.0 Å². The van der Waals surface area contributed by atoms with E-state index in [4.69, 9.17) is 28.5 Å². The van der Waals surface area contributed by atoms with Gasteiger partial charge in [-0.25, -0.2) is 0 Å². The number of pyridine rings is 1. The molecular formula is C13H8Cl2N2O. The number of halogens is 2. The first kappa shape index (κ1) is 12.7. The second kappa shape index (κ2) is 5.26. The third kappa shape index (κ3) is 2.56. The highest BCUT2D eigenvalue weighted by Crippen LogP contribution is 2.29. The van der Waals surface area contributed by atoms with Crippen LogP contribution < -0.4 is 5.56 Å². The number of nitriles is 1. The standard InChI is InChI=1S/C13H8Cl2N2O/c14-10-1-2-11(12(15)6-10)9-5-8(3-4-16)13(18)17-7-9/h1-2,5-7H,3H2,(H,17,18). The van der Waals surface area contributed by atoms with Crippen LogP contribution in [0.3, 0.4) is 0 Å². The van der Waals surface area contributed by atoms with Crippen LogP contribution >= 0.6 is 23.2 Å². The molecule has 2 rings (SSSR count). The minimum Gasteiger partial charge on any atom is -0.328 e. The molecule has 0 aliphatic heterocycles. The molecular weight excluding hydrogens is 271 g/mol. The maximum atomic E-state index is 11.5. The lowest BCUT2D eigenvalue weighted by Crippen LogP contribution is -2.11. The number of rotatable bonds is 2. The van der Waals surface area contributed by atoms with E-state index in [1.807, 2.05) is 6.07 Å². The maximum Gasteiger partial charge on any atom is 0.252 e. The van der Waals surface area contributed by atoms with Crippen molar-refractivity contribution in [3.05, 3.63) is 56.4 Å². The number of hydrogen-bond donors (Lipinski definition) is 1. The predicted octanol–water partition coefficient (Wildman–Crippen LogP) is 3.41. The van der Waals surface area contributed by atoms with E-state index in [-0.39, 0.29) is 12.0 Å². The Morgan fingerprint density at radius 1 is 1.28 bits per heavy atom. The second-order valence-electron chi connectivity index (χ2n) is 3.70. The molecule has 0 aliphatic carbocycles. The van der Waals surface area contributed by atoms with E-state index in [2.05, 4.69) is 4.98 Å². The fraction of sp³-hybridized carbons (Fsp3) is 0.0769. The van der Waals surface area contributed by atoms with Crippen molar-refractivity contribution in [2.24, 2.45) is 0 Å². The molecule has 0 aliphatic rings. The summed E-state index contributed by atoms with van der Waals surface area (Å²) in [5, 5.41) is 9.69. The number of nitrogens with one attached hydrogen (secondary N) is 1. The molecule has 1 aromatic heterocycles. The van der Waals surface area contributed by atoms with E-state index in [9.17, 15) is 4.79 Å². The highest BCUT2D eigenvalue weighted by atomic mass is 35.5. The van der Waals surface area contributed by atoms with Crippen LogP contribution in [0.4, 0.5) is 0 Å². The van der Waals surface area contributed by atoms with Gasteiger partial charge in [0.05, 0.1) is 12.5 Å². The molecule has 1 heterocycles. The number of H-pyrrole nitrogens is 1. The van der Waals surface area contributed by atoms with Gasteiger partial charge in [-0.1, -0.05) is 29.3 Å². The maximum absolute atomic E-state index is 11.5. The van der Waals surface area contributed by atoms with Gasteiger partial charge in [0.1, 0.15) is 0 Å². The largest absolute Gasteiger partial charge is 0.328 e. The molecule has 1 aromatic carbocycles. The summed E-state index contributed by atoms with van der Waals surface area (Å²) in [4.78, 5) is 14.1. The van der Waals surface area contributed by atoms with E-state index < -0.39 is 0 Å². The summed E-state index contributed by atoms with van der Waals surface area (Å²) in [6.07, 6.45) is 1.63. The molecule has 0 atom stereocenters. The van der Waals surface area contributed by atoms with Crippen molar-refractivity contribution in [2.45, 2.75) is 6.42 Å². The van der Waals surface area contributed by atoms with Crippen LogP contribution in [0.5, 0.6) is 0 Å². The van der Waals surface area contributed by atoms with Crippen molar-refractivity contribution >= 4 is 23.2 Å². The molecule has 3 nitrogen and oxygen atoms in total. The Kier molecular flexibility index (Phi) is 3.71. The van der Waals surface area contributed by atoms with Crippen LogP contribution in [0.15, 0.2) is 35.3 Å². The third-order valence-electron chi connectivity index (χ3n) is 2.49. The van der Waals surface area contributed by atoms with Crippen molar-refractivity contribution in [1.29, 1.82) is 5.26 Å². The molecule has 0 saturated heterocycles. The normalized spacial score (nSPS) is 10.1. The van der Waals surface area contributed by atoms with Gasteiger partial charge < -0.3 is 4.98 Å². The van der Waals surface area contributed by atoms with E-state index in [0.29, 0.717) is 15.6 Å². The summed E-state index contributed by atoms with van der Waals surface area (Å²) in [5.74, 6) is 0. The van der Waals surface area contributed by atoms with E-state index >= 15 is 0 Å². The fourth-order valence-electron chi connectivity index (χ4n) is 1.63. The number of aromatic nitrogens is 1. The van der Waals surface area contributed by atoms with Crippen LogP contribution in [0.25, 0.3) is 11.1 Å². The van der Waals surface area contributed by atoms with E-state index in [1.54, 1.807) is 30.5 Å². The number of nitrogens with zero attached hydrogens (tertiary/aromatic N) is 1. The van der Waals surface area contributed by atoms with Crippen molar-refractivity contribution in [3.63, 3.8) is 0 Å². The van der Waals surface area contributed by atoms with Gasteiger partial charge in [-0.15, -0.1) is 0 Å². The van der Waals surface area contributed by atoms with Gasteiger partial charge in [0, 0.05) is 27.4 Å². The molecule has 1 N–H and O–H groups in total. The lowest BCUT2D eigenvalue weighted by molar-refractivity contribution is 1.13. The average Bonchev–Trinajstić information content (AvgIpc) is 2.33. The van der Waals surface area contributed by atoms with Gasteiger partial charge in [-0.05, 0) is 23.8 Å². The van der Waals surface area contributed by atoms with Gasteiger partial charge in [0.25, 0.3) is 5.56 Å². The predicted molar refractivity (Wildman–Crippen MR) is 71.8 cm³/mol. The summed E-state index contributed by atoms with van der Waals surface area (Å²) in [6.45, 7) is 0. The van der Waals surface area contributed by atoms with Crippen LogP contribution in [0, 0.1) is 11.3 Å². The molecule has 0 amide bonds. The zero-order valence-electron chi connectivity index (χ0n) is 9.21. The molecule has 0 radical (unpaired) electrons. The lowest BCUT2D eigenvalue weighted by Gasteiger charge is -2.05. The highest BCUT2D eigenvalue weighted by Gasteiger charge is 2.07. The molecule has 90 valence electrons. The molecule has 0 saturated carbocycles. The first-order chi connectivity index (χ1) is 8.61. The molecule has 0 spiro atoms. The Morgan fingerprint density at radius 2 is 2.06 bits per heavy atom. The Hall–Kier alpha value is -1.76. The zero-order chi connectivity index (χ0) is 13.1. The minimum atomic E-state index is -0.259. The Morgan fingerprint density at radius 3 is 2.72 bits per heavy atom. The summed E-state index contributed by atoms with van der Waals surface area (Å²) in [6, 6.07) is 8.74. The Bertz CT molecular complexity index is 686. The van der Waals surface area contributed by atoms with Crippen molar-refractivity contribution in [1.82, 2.24) is 4.98 Å². The van der Waals surface area contributed by atoms with Crippen molar-refractivity contribution in [2.75, 3.05) is 0 Å². The first-order valence-corrected chi connectivity index (χ1v) is 5.91. The molecule has 0 unspecified atom stereocenters. The SMILES string of the molecule is N#CCc1cc(-c2ccc(Cl)cc2Cl)c[nH]c1=O. The smallest absolute Gasteiger partial charge is 0.252 e. The van der Waals surface area contributed by atoms with E-state index in [0.717, 1.165) is 11.1 Å². The molecule has 0 fully saturated rings. The monoisotopic (exact) mass is 278 g/mol. The van der Waals surface area contributed by atoms with Crippen LogP contribution in [-0.2, 0) is 6.42 Å². The third-order valence-corrected chi connectivity index (χ3v) is 3.04. The Balaban J connectivity index is 2.55. The quantitative estimate of drug-likeness (QED) is 0.915. The number of hydrogen-bond acceptors (Lipinski definition) is 2.